The van der Waals surface area contributed by atoms with Crippen molar-refractivity contribution in [1.29, 1.82) is 5.26 Å². The van der Waals surface area contributed by atoms with Gasteiger partial charge in [0.1, 0.15) is 18.7 Å². The van der Waals surface area contributed by atoms with E-state index in [0.717, 1.165) is 16.9 Å². The maximum atomic E-state index is 12.8. The highest BCUT2D eigenvalue weighted by Crippen LogP contribution is 2.27. The number of hydrogen-bond donors (Lipinski definition) is 1. The number of likely N-dealkylation sites (N-methyl/N-ethyl adjacent to an activating group) is 1. The fourth-order valence-electron chi connectivity index (χ4n) is 3.09. The number of amides is 2. The lowest BCUT2D eigenvalue weighted by atomic mass is 10.1. The lowest BCUT2D eigenvalue weighted by molar-refractivity contribution is -0.120. The van der Waals surface area contributed by atoms with Crippen LogP contribution >= 0.6 is 11.3 Å². The molecule has 1 aliphatic rings. The number of nitrogens with one attached hydrogen (secondary N) is 1. The second kappa shape index (κ2) is 8.31. The van der Waals surface area contributed by atoms with Crippen molar-refractivity contribution in [2.75, 3.05) is 18.6 Å². The van der Waals surface area contributed by atoms with Crippen molar-refractivity contribution in [3.05, 3.63) is 69.8 Å². The number of anilines is 1. The highest BCUT2D eigenvalue weighted by molar-refractivity contribution is 7.13. The molecule has 1 unspecified atom stereocenters. The standard InChI is InChI=1S/C21H17N5O3S/c1-26-18-16(8-5-9-23-18)29-12-15(21(26)28)24-19(27)20-25-14(11-22)17(30-20)10-13-6-3-2-4-7-13/h2-9,15H,10,12H2,1H3,(H,24,27). The van der Waals surface area contributed by atoms with Crippen LogP contribution in [0.25, 0.3) is 0 Å². The lowest BCUT2D eigenvalue weighted by Gasteiger charge is -2.19. The van der Waals surface area contributed by atoms with E-state index < -0.39 is 11.9 Å². The van der Waals surface area contributed by atoms with Gasteiger partial charge in [-0.25, -0.2) is 9.97 Å². The molecule has 0 saturated heterocycles. The predicted octanol–water partition coefficient (Wildman–Crippen LogP) is 2.15. The topological polar surface area (TPSA) is 108 Å². The second-order valence-electron chi connectivity index (χ2n) is 6.62. The van der Waals surface area contributed by atoms with Gasteiger partial charge in [-0.3, -0.25) is 14.5 Å². The van der Waals surface area contributed by atoms with Gasteiger partial charge in [0.05, 0.1) is 0 Å². The molecule has 3 heterocycles. The minimum Gasteiger partial charge on any atom is -0.487 e. The number of aromatic nitrogens is 2. The van der Waals surface area contributed by atoms with Crippen LogP contribution in [0.15, 0.2) is 48.7 Å². The van der Waals surface area contributed by atoms with Crippen LogP contribution in [0.5, 0.6) is 5.75 Å². The summed E-state index contributed by atoms with van der Waals surface area (Å²) in [5, 5.41) is 12.2. The van der Waals surface area contributed by atoms with Crippen molar-refractivity contribution < 1.29 is 14.3 Å². The van der Waals surface area contributed by atoms with E-state index in [-0.39, 0.29) is 23.2 Å². The van der Waals surface area contributed by atoms with Gasteiger partial charge < -0.3 is 10.1 Å². The SMILES string of the molecule is CN1C(=O)C(NC(=O)c2nc(C#N)c(Cc3ccccc3)s2)COc2cccnc21. The van der Waals surface area contributed by atoms with Gasteiger partial charge in [0.15, 0.2) is 22.3 Å². The van der Waals surface area contributed by atoms with Gasteiger partial charge in [0.25, 0.3) is 11.8 Å². The molecule has 0 bridgehead atoms. The van der Waals surface area contributed by atoms with Gasteiger partial charge in [-0.2, -0.15) is 5.26 Å². The molecule has 1 atom stereocenters. The summed E-state index contributed by atoms with van der Waals surface area (Å²) in [7, 11) is 1.58. The molecule has 30 heavy (non-hydrogen) atoms. The fourth-order valence-corrected chi connectivity index (χ4v) is 4.04. The molecule has 0 radical (unpaired) electrons. The number of nitrogens with zero attached hydrogens (tertiary/aromatic N) is 4. The van der Waals surface area contributed by atoms with Gasteiger partial charge in [0.2, 0.25) is 0 Å². The molecule has 3 aromatic rings. The predicted molar refractivity (Wildman–Crippen MR) is 110 cm³/mol. The highest BCUT2D eigenvalue weighted by atomic mass is 32.1. The van der Waals surface area contributed by atoms with Crippen molar-refractivity contribution in [1.82, 2.24) is 15.3 Å². The van der Waals surface area contributed by atoms with Crippen molar-refractivity contribution in [2.24, 2.45) is 0 Å². The molecule has 1 N–H and O–H groups in total. The molecule has 1 aromatic carbocycles. The minimum absolute atomic E-state index is 0.0268. The van der Waals surface area contributed by atoms with Crippen molar-refractivity contribution in [3.63, 3.8) is 0 Å². The smallest absolute Gasteiger partial charge is 0.281 e. The van der Waals surface area contributed by atoms with Crippen LogP contribution in [0, 0.1) is 11.3 Å². The first-order valence-electron chi connectivity index (χ1n) is 9.17. The number of rotatable bonds is 4. The third kappa shape index (κ3) is 3.86. The van der Waals surface area contributed by atoms with Crippen LogP contribution < -0.4 is 15.0 Å². The Morgan fingerprint density at radius 3 is 2.90 bits per heavy atom. The van der Waals surface area contributed by atoms with Crippen LogP contribution in [0.4, 0.5) is 5.82 Å². The van der Waals surface area contributed by atoms with Crippen LogP contribution in [0.2, 0.25) is 0 Å². The van der Waals surface area contributed by atoms with Crippen molar-refractivity contribution in [3.8, 4) is 11.8 Å². The molecule has 0 fully saturated rings. The molecule has 8 nitrogen and oxygen atoms in total. The van der Waals surface area contributed by atoms with E-state index in [9.17, 15) is 14.9 Å². The average Bonchev–Trinajstić information content (AvgIpc) is 3.14. The Kier molecular flexibility index (Phi) is 5.41. The quantitative estimate of drug-likeness (QED) is 0.694. The molecular weight excluding hydrogens is 402 g/mol. The van der Waals surface area contributed by atoms with Crippen LogP contribution in [0.3, 0.4) is 0 Å². The zero-order valence-corrected chi connectivity index (χ0v) is 16.8. The Morgan fingerprint density at radius 2 is 2.13 bits per heavy atom. The van der Waals surface area contributed by atoms with E-state index in [2.05, 4.69) is 15.3 Å². The fraction of sp³-hybridized carbons (Fsp3) is 0.190. The molecule has 2 aromatic heterocycles. The molecule has 0 aliphatic carbocycles. The Labute approximate surface area is 176 Å². The first kappa shape index (κ1) is 19.5. The number of thiazole rings is 1. The number of carbonyl (C=O) groups excluding carboxylic acids is 2. The van der Waals surface area contributed by atoms with Crippen molar-refractivity contribution in [2.45, 2.75) is 12.5 Å². The molecule has 1 aliphatic heterocycles. The largest absolute Gasteiger partial charge is 0.487 e. The summed E-state index contributed by atoms with van der Waals surface area (Å²) in [5.41, 5.74) is 1.23. The normalized spacial score (nSPS) is 15.5. The molecule has 2 amide bonds. The van der Waals surface area contributed by atoms with Crippen LogP contribution in [0.1, 0.15) is 25.9 Å². The lowest BCUT2D eigenvalue weighted by Crippen LogP contribution is -2.49. The summed E-state index contributed by atoms with van der Waals surface area (Å²) < 4.78 is 5.66. The van der Waals surface area contributed by atoms with E-state index in [4.69, 9.17) is 4.74 Å². The number of carbonyl (C=O) groups is 2. The summed E-state index contributed by atoms with van der Waals surface area (Å²) in [6.45, 7) is -0.0268. The van der Waals surface area contributed by atoms with E-state index in [1.54, 1.807) is 25.4 Å². The second-order valence-corrected chi connectivity index (χ2v) is 7.71. The molecular formula is C21H17N5O3S. The Hall–Kier alpha value is -3.77. The van der Waals surface area contributed by atoms with Gasteiger partial charge in [-0.1, -0.05) is 30.3 Å². The van der Waals surface area contributed by atoms with Crippen molar-refractivity contribution >= 4 is 29.0 Å². The Bertz CT molecular complexity index is 1140. The highest BCUT2D eigenvalue weighted by Gasteiger charge is 2.32. The molecule has 4 rings (SSSR count). The van der Waals surface area contributed by atoms with Gasteiger partial charge >= 0.3 is 0 Å². The summed E-state index contributed by atoms with van der Waals surface area (Å²) in [4.78, 5) is 35.9. The zero-order valence-electron chi connectivity index (χ0n) is 16.0. The minimum atomic E-state index is -0.899. The monoisotopic (exact) mass is 419 g/mol. The molecule has 9 heteroatoms. The molecule has 0 saturated carbocycles. The number of benzene rings is 1. The first-order valence-corrected chi connectivity index (χ1v) is 9.98. The van der Waals surface area contributed by atoms with Gasteiger partial charge in [-0.05, 0) is 17.7 Å². The summed E-state index contributed by atoms with van der Waals surface area (Å²) in [6, 6.07) is 14.2. The van der Waals surface area contributed by atoms with E-state index in [1.807, 2.05) is 36.4 Å². The van der Waals surface area contributed by atoms with E-state index in [1.165, 1.54) is 4.90 Å². The molecule has 150 valence electrons. The number of ether oxygens (including phenoxy) is 1. The summed E-state index contributed by atoms with van der Waals surface area (Å²) in [6.07, 6.45) is 2.07. The Balaban J connectivity index is 1.52. The summed E-state index contributed by atoms with van der Waals surface area (Å²) in [5.74, 6) is -0.00544. The van der Waals surface area contributed by atoms with E-state index in [0.29, 0.717) is 22.9 Å². The summed E-state index contributed by atoms with van der Waals surface area (Å²) >= 11 is 1.15. The first-order chi connectivity index (χ1) is 14.6. The molecule has 0 spiro atoms. The van der Waals surface area contributed by atoms with Crippen LogP contribution in [-0.4, -0.2) is 41.5 Å². The number of pyridine rings is 1. The third-order valence-electron chi connectivity index (χ3n) is 4.61. The maximum absolute atomic E-state index is 12.8. The van der Waals surface area contributed by atoms with Gasteiger partial charge in [0, 0.05) is 24.5 Å². The van der Waals surface area contributed by atoms with E-state index >= 15 is 0 Å². The van der Waals surface area contributed by atoms with Gasteiger partial charge in [-0.15, -0.1) is 11.3 Å². The average molecular weight is 419 g/mol. The Morgan fingerprint density at radius 1 is 1.33 bits per heavy atom. The number of nitriles is 1. The third-order valence-corrected chi connectivity index (χ3v) is 5.67. The number of hydrogen-bond acceptors (Lipinski definition) is 7. The van der Waals surface area contributed by atoms with Crippen LogP contribution in [-0.2, 0) is 11.2 Å². The zero-order chi connectivity index (χ0) is 21.1. The maximum Gasteiger partial charge on any atom is 0.281 e. The number of fused-ring (bicyclic) bond motifs is 1.